The molecule has 2 aromatic carbocycles. The highest BCUT2D eigenvalue weighted by Crippen LogP contribution is 2.18. The van der Waals surface area contributed by atoms with Gasteiger partial charge in [-0.3, -0.25) is 0 Å². The highest BCUT2D eigenvalue weighted by molar-refractivity contribution is 5.93. The first-order valence-electron chi connectivity index (χ1n) is 6.91. The second-order valence-electron chi connectivity index (χ2n) is 2.86. The van der Waals surface area contributed by atoms with E-state index >= 15 is 0 Å². The van der Waals surface area contributed by atoms with Crippen molar-refractivity contribution in [3.8, 4) is 11.5 Å². The van der Waals surface area contributed by atoms with Crippen LogP contribution in [0.4, 0.5) is 0 Å². The van der Waals surface area contributed by atoms with E-state index in [4.69, 9.17) is 11.6 Å². The molecule has 0 aromatic heterocycles. The molecular weight excluding hydrogens is 204 g/mol. The van der Waals surface area contributed by atoms with Gasteiger partial charge in [-0.25, -0.2) is 4.79 Å². The molecule has 0 amide bonds. The Kier molecular flexibility index (Phi) is 1.60. The number of phenolic OH excluding ortho intramolecular Hbond substituents is 1. The number of aromatic hydroxyl groups is 1. The average Bonchev–Trinajstić information content (AvgIpc) is 2.48. The lowest BCUT2D eigenvalue weighted by atomic mass is 10.2. The minimum absolute atomic E-state index is 0.163. The van der Waals surface area contributed by atoms with Crippen LogP contribution in [0.15, 0.2) is 54.5 Å². The number of hydrogen-bond acceptors (Lipinski definition) is 3. The van der Waals surface area contributed by atoms with E-state index in [1.54, 1.807) is 0 Å². The molecule has 80 valence electrons. The van der Waals surface area contributed by atoms with Gasteiger partial charge < -0.3 is 9.84 Å². The first-order chi connectivity index (χ1) is 9.84. The highest BCUT2D eigenvalue weighted by atomic mass is 16.5. The van der Waals surface area contributed by atoms with E-state index in [0.29, 0.717) is 0 Å². The Morgan fingerprint density at radius 3 is 2.56 bits per heavy atom. The van der Waals surface area contributed by atoms with Crippen molar-refractivity contribution in [2.24, 2.45) is 0 Å². The summed E-state index contributed by atoms with van der Waals surface area (Å²) in [5, 5.41) is 9.55. The Balaban J connectivity index is 2.46. The summed E-state index contributed by atoms with van der Waals surface area (Å²) in [5.41, 5.74) is -0.163. The van der Waals surface area contributed by atoms with E-state index in [0.717, 1.165) is 0 Å². The Labute approximate surface area is 99.9 Å². The lowest BCUT2D eigenvalue weighted by Gasteiger charge is -2.04. The number of ether oxygens (including phenoxy) is 1. The minimum atomic E-state index is -1.01. The molecule has 0 saturated carbocycles. The zero-order chi connectivity index (χ0) is 15.7. The third-order valence-electron chi connectivity index (χ3n) is 1.80. The molecule has 0 aliphatic carbocycles. The largest absolute Gasteiger partial charge is 0.507 e. The third-order valence-corrected chi connectivity index (χ3v) is 1.80. The van der Waals surface area contributed by atoms with Crippen molar-refractivity contribution in [2.45, 2.75) is 0 Å². The molecule has 0 aliphatic rings. The molecule has 0 saturated heterocycles. The Morgan fingerprint density at radius 2 is 1.88 bits per heavy atom. The fraction of sp³-hybridized carbons (Fsp3) is 0. The van der Waals surface area contributed by atoms with Gasteiger partial charge in [0.2, 0.25) is 0 Å². The summed E-state index contributed by atoms with van der Waals surface area (Å²) in [7, 11) is 0. The van der Waals surface area contributed by atoms with Gasteiger partial charge in [0.1, 0.15) is 17.1 Å². The van der Waals surface area contributed by atoms with Gasteiger partial charge in [0.25, 0.3) is 0 Å². The summed E-state index contributed by atoms with van der Waals surface area (Å²) in [6.45, 7) is 0. The van der Waals surface area contributed by atoms with E-state index < -0.39 is 41.9 Å². The molecule has 16 heavy (non-hydrogen) atoms. The molecule has 0 spiro atoms. The maximum atomic E-state index is 11.9. The topological polar surface area (TPSA) is 46.5 Å². The Hall–Kier alpha value is -2.29. The molecule has 0 unspecified atom stereocenters. The summed E-state index contributed by atoms with van der Waals surface area (Å²) >= 11 is 0. The number of carbonyl (C=O) groups excluding carboxylic acids is 1. The molecule has 3 nitrogen and oxygen atoms in total. The van der Waals surface area contributed by atoms with Crippen molar-refractivity contribution in [3.63, 3.8) is 0 Å². The number of carbonyl (C=O) groups is 1. The number of para-hydroxylation sites is 2. The Bertz CT molecular complexity index is 701. The van der Waals surface area contributed by atoms with Crippen LogP contribution in [-0.2, 0) is 0 Å². The molecular formula is C13H10O3. The highest BCUT2D eigenvalue weighted by Gasteiger charge is 2.12. The third kappa shape index (κ3) is 2.20. The maximum absolute atomic E-state index is 11.9. The number of esters is 1. The van der Waals surface area contributed by atoms with Gasteiger partial charge in [-0.2, -0.15) is 0 Å². The standard InChI is InChI=1S/C13H10O3/c14-12-9-5-4-8-11(12)13(15)16-10-6-2-1-3-7-10/h1-9,14H/i1D,2D,3D,6D,7D. The molecule has 0 heterocycles. The monoisotopic (exact) mass is 219 g/mol. The van der Waals surface area contributed by atoms with Gasteiger partial charge in [-0.05, 0) is 24.2 Å². The zero-order valence-electron chi connectivity index (χ0n) is 13.1. The molecule has 0 radical (unpaired) electrons. The van der Waals surface area contributed by atoms with Crippen molar-refractivity contribution < 1.29 is 21.5 Å². The zero-order valence-corrected chi connectivity index (χ0v) is 8.07. The minimum Gasteiger partial charge on any atom is -0.507 e. The van der Waals surface area contributed by atoms with Crippen LogP contribution in [-0.4, -0.2) is 11.1 Å². The molecule has 0 bridgehead atoms. The van der Waals surface area contributed by atoms with Crippen LogP contribution in [0.1, 0.15) is 17.2 Å². The van der Waals surface area contributed by atoms with Gasteiger partial charge in [-0.15, -0.1) is 0 Å². The van der Waals surface area contributed by atoms with Gasteiger partial charge in [0, 0.05) is 0 Å². The SMILES string of the molecule is [2H]c1c([2H])c([2H])c(OC(=O)c2ccccc2O)c([2H])c1[2H]. The van der Waals surface area contributed by atoms with Gasteiger partial charge in [0.15, 0.2) is 0 Å². The van der Waals surface area contributed by atoms with Crippen LogP contribution >= 0.6 is 0 Å². The molecule has 2 rings (SSSR count). The quantitative estimate of drug-likeness (QED) is 0.623. The molecule has 0 atom stereocenters. The predicted octanol–water partition coefficient (Wildman–Crippen LogP) is 2.61. The van der Waals surface area contributed by atoms with E-state index in [1.807, 2.05) is 0 Å². The lowest BCUT2D eigenvalue weighted by molar-refractivity contribution is 0.0731. The van der Waals surface area contributed by atoms with Crippen LogP contribution in [0.3, 0.4) is 0 Å². The fourth-order valence-corrected chi connectivity index (χ4v) is 1.08. The second-order valence-corrected chi connectivity index (χ2v) is 2.86. The van der Waals surface area contributed by atoms with Crippen LogP contribution in [0.5, 0.6) is 11.5 Å². The average molecular weight is 219 g/mol. The van der Waals surface area contributed by atoms with E-state index in [-0.39, 0.29) is 11.3 Å². The van der Waals surface area contributed by atoms with Crippen molar-refractivity contribution in [1.82, 2.24) is 0 Å². The smallest absolute Gasteiger partial charge is 0.347 e. The normalized spacial score (nSPS) is 14.1. The number of rotatable bonds is 2. The first-order valence-corrected chi connectivity index (χ1v) is 4.41. The predicted molar refractivity (Wildman–Crippen MR) is 59.5 cm³/mol. The summed E-state index contributed by atoms with van der Waals surface area (Å²) in [4.78, 5) is 11.9. The van der Waals surface area contributed by atoms with Crippen molar-refractivity contribution in [2.75, 3.05) is 0 Å². The van der Waals surface area contributed by atoms with E-state index in [2.05, 4.69) is 0 Å². The van der Waals surface area contributed by atoms with Crippen molar-refractivity contribution >= 4 is 5.97 Å². The Morgan fingerprint density at radius 1 is 1.19 bits per heavy atom. The van der Waals surface area contributed by atoms with Crippen LogP contribution in [0.25, 0.3) is 0 Å². The van der Waals surface area contributed by atoms with Crippen LogP contribution in [0.2, 0.25) is 0 Å². The number of hydrogen-bond donors (Lipinski definition) is 1. The summed E-state index contributed by atoms with van der Waals surface area (Å²) < 4.78 is 42.5. The first kappa shape index (κ1) is 5.70. The van der Waals surface area contributed by atoms with Gasteiger partial charge in [-0.1, -0.05) is 30.3 Å². The number of phenols is 1. The van der Waals surface area contributed by atoms with Gasteiger partial charge >= 0.3 is 5.97 Å². The molecule has 0 fully saturated rings. The molecule has 2 aromatic rings. The van der Waals surface area contributed by atoms with Crippen LogP contribution < -0.4 is 4.74 Å². The summed E-state index contributed by atoms with van der Waals surface area (Å²) in [6, 6.07) is 2.56. The second kappa shape index (κ2) is 4.49. The molecule has 1 N–H and O–H groups in total. The van der Waals surface area contributed by atoms with E-state index in [9.17, 15) is 9.90 Å². The number of benzene rings is 2. The molecule has 3 heteroatoms. The van der Waals surface area contributed by atoms with E-state index in [1.165, 1.54) is 24.3 Å². The summed E-state index contributed by atoms with van der Waals surface area (Å²) in [5.74, 6) is -1.91. The molecule has 0 aliphatic heterocycles. The van der Waals surface area contributed by atoms with Gasteiger partial charge in [0.05, 0.1) is 6.85 Å². The lowest BCUT2D eigenvalue weighted by Crippen LogP contribution is -2.08. The van der Waals surface area contributed by atoms with Crippen LogP contribution in [0, 0.1) is 0 Å². The fourth-order valence-electron chi connectivity index (χ4n) is 1.08. The summed E-state index contributed by atoms with van der Waals surface area (Å²) in [6.07, 6.45) is 0. The maximum Gasteiger partial charge on any atom is 0.347 e. The van der Waals surface area contributed by atoms with Crippen molar-refractivity contribution in [1.29, 1.82) is 0 Å². The van der Waals surface area contributed by atoms with Crippen molar-refractivity contribution in [3.05, 3.63) is 60.0 Å².